The summed E-state index contributed by atoms with van der Waals surface area (Å²) in [6.07, 6.45) is 4.84. The van der Waals surface area contributed by atoms with Gasteiger partial charge in [-0.15, -0.1) is 24.0 Å². The van der Waals surface area contributed by atoms with E-state index in [-0.39, 0.29) is 36.4 Å². The zero-order chi connectivity index (χ0) is 18.9. The number of hydrogen-bond acceptors (Lipinski definition) is 3. The zero-order valence-electron chi connectivity index (χ0n) is 16.9. The molecule has 0 spiro atoms. The van der Waals surface area contributed by atoms with Crippen molar-refractivity contribution in [2.24, 2.45) is 4.99 Å². The number of carbonyl (C=O) groups excluding carboxylic acids is 1. The SMILES string of the molecule is CCOc1ccc(CN(C)C(=NCC(=O)N(C)C)NC2CCCC2)cc1.I. The van der Waals surface area contributed by atoms with E-state index < -0.39 is 0 Å². The van der Waals surface area contributed by atoms with Crippen molar-refractivity contribution in [3.8, 4) is 5.75 Å². The molecule has 0 bridgehead atoms. The molecule has 0 aromatic heterocycles. The van der Waals surface area contributed by atoms with Crippen molar-refractivity contribution in [3.05, 3.63) is 29.8 Å². The van der Waals surface area contributed by atoms with Crippen LogP contribution in [0.5, 0.6) is 5.75 Å². The van der Waals surface area contributed by atoms with Gasteiger partial charge in [0.15, 0.2) is 5.96 Å². The molecule has 1 aromatic carbocycles. The number of likely N-dealkylation sites (N-methyl/N-ethyl adjacent to an activating group) is 1. The number of rotatable bonds is 7. The Labute approximate surface area is 180 Å². The molecule has 2 rings (SSSR count). The van der Waals surface area contributed by atoms with E-state index in [4.69, 9.17) is 4.74 Å². The molecule has 1 aliphatic rings. The van der Waals surface area contributed by atoms with Crippen molar-refractivity contribution in [1.29, 1.82) is 0 Å². The number of benzene rings is 1. The first-order chi connectivity index (χ1) is 12.5. The van der Waals surface area contributed by atoms with Crippen LogP contribution < -0.4 is 10.1 Å². The predicted octanol–water partition coefficient (Wildman–Crippen LogP) is 3.11. The maximum atomic E-state index is 11.9. The van der Waals surface area contributed by atoms with Crippen LogP contribution in [0.15, 0.2) is 29.3 Å². The Morgan fingerprint density at radius 3 is 2.37 bits per heavy atom. The van der Waals surface area contributed by atoms with Crippen LogP contribution in [-0.2, 0) is 11.3 Å². The maximum Gasteiger partial charge on any atom is 0.243 e. The molecule has 0 saturated heterocycles. The monoisotopic (exact) mass is 488 g/mol. The van der Waals surface area contributed by atoms with E-state index >= 15 is 0 Å². The average molecular weight is 488 g/mol. The van der Waals surface area contributed by atoms with Crippen LogP contribution in [0.3, 0.4) is 0 Å². The van der Waals surface area contributed by atoms with Gasteiger partial charge in [-0.25, -0.2) is 4.99 Å². The van der Waals surface area contributed by atoms with E-state index in [9.17, 15) is 4.79 Å². The van der Waals surface area contributed by atoms with E-state index in [1.165, 1.54) is 18.4 Å². The standard InChI is InChI=1S/C20H32N4O2.HI/c1-5-26-18-12-10-16(11-13-18)15-24(4)20(21-14-19(25)23(2)3)22-17-8-6-7-9-17;/h10-13,17H,5-9,14-15H2,1-4H3,(H,21,22);1H. The van der Waals surface area contributed by atoms with Crippen molar-refractivity contribution < 1.29 is 9.53 Å². The van der Waals surface area contributed by atoms with Crippen molar-refractivity contribution in [2.75, 3.05) is 34.3 Å². The minimum Gasteiger partial charge on any atom is -0.494 e. The minimum absolute atomic E-state index is 0. The van der Waals surface area contributed by atoms with Crippen LogP contribution in [0.2, 0.25) is 0 Å². The second kappa shape index (κ2) is 12.0. The summed E-state index contributed by atoms with van der Waals surface area (Å²) in [4.78, 5) is 20.1. The van der Waals surface area contributed by atoms with E-state index in [2.05, 4.69) is 27.3 Å². The Kier molecular flexibility index (Phi) is 10.5. The Morgan fingerprint density at radius 2 is 1.81 bits per heavy atom. The zero-order valence-corrected chi connectivity index (χ0v) is 19.2. The summed E-state index contributed by atoms with van der Waals surface area (Å²) in [6, 6.07) is 8.57. The van der Waals surface area contributed by atoms with Gasteiger partial charge in [0.1, 0.15) is 12.3 Å². The first-order valence-electron chi connectivity index (χ1n) is 9.43. The first kappa shape index (κ1) is 23.5. The van der Waals surface area contributed by atoms with E-state index in [0.29, 0.717) is 12.6 Å². The Hall–Kier alpha value is -1.51. The third kappa shape index (κ3) is 7.94. The lowest BCUT2D eigenvalue weighted by Gasteiger charge is -2.25. The third-order valence-electron chi connectivity index (χ3n) is 4.57. The van der Waals surface area contributed by atoms with E-state index in [0.717, 1.165) is 31.1 Å². The lowest BCUT2D eigenvalue weighted by atomic mass is 10.2. The van der Waals surface area contributed by atoms with Crippen LogP contribution in [0.25, 0.3) is 0 Å². The fourth-order valence-corrected chi connectivity index (χ4v) is 3.02. The number of halogens is 1. The summed E-state index contributed by atoms with van der Waals surface area (Å²) in [7, 11) is 5.52. The number of nitrogens with one attached hydrogen (secondary N) is 1. The molecule has 152 valence electrons. The summed E-state index contributed by atoms with van der Waals surface area (Å²) >= 11 is 0. The largest absolute Gasteiger partial charge is 0.494 e. The van der Waals surface area contributed by atoms with Gasteiger partial charge < -0.3 is 19.9 Å². The Balaban J connectivity index is 0.00000364. The Morgan fingerprint density at radius 1 is 1.19 bits per heavy atom. The van der Waals surface area contributed by atoms with Gasteiger partial charge in [0, 0.05) is 33.7 Å². The fraction of sp³-hybridized carbons (Fsp3) is 0.600. The normalized spacial score (nSPS) is 14.4. The molecule has 1 aliphatic carbocycles. The number of ether oxygens (including phenoxy) is 1. The van der Waals surface area contributed by atoms with Crippen LogP contribution in [0.1, 0.15) is 38.2 Å². The van der Waals surface area contributed by atoms with Crippen LogP contribution in [-0.4, -0.2) is 62.0 Å². The minimum atomic E-state index is 0. The van der Waals surface area contributed by atoms with Gasteiger partial charge in [0.2, 0.25) is 5.91 Å². The topological polar surface area (TPSA) is 57.2 Å². The highest BCUT2D eigenvalue weighted by Gasteiger charge is 2.18. The van der Waals surface area contributed by atoms with Gasteiger partial charge in [-0.2, -0.15) is 0 Å². The highest BCUT2D eigenvalue weighted by atomic mass is 127. The number of amides is 1. The molecule has 0 radical (unpaired) electrons. The second-order valence-corrected chi connectivity index (χ2v) is 6.99. The quantitative estimate of drug-likeness (QED) is 0.364. The van der Waals surface area contributed by atoms with Crippen molar-refractivity contribution in [1.82, 2.24) is 15.1 Å². The molecule has 7 heteroatoms. The average Bonchev–Trinajstić information content (AvgIpc) is 3.13. The lowest BCUT2D eigenvalue weighted by molar-refractivity contribution is -0.127. The summed E-state index contributed by atoms with van der Waals surface area (Å²) in [5.41, 5.74) is 1.18. The smallest absolute Gasteiger partial charge is 0.243 e. The summed E-state index contributed by atoms with van der Waals surface area (Å²) in [5.74, 6) is 1.68. The van der Waals surface area contributed by atoms with E-state index in [1.807, 2.05) is 26.1 Å². The summed E-state index contributed by atoms with van der Waals surface area (Å²) in [6.45, 7) is 3.53. The number of guanidine groups is 1. The third-order valence-corrected chi connectivity index (χ3v) is 4.57. The summed E-state index contributed by atoms with van der Waals surface area (Å²) in [5, 5.41) is 3.54. The van der Waals surface area contributed by atoms with Gasteiger partial charge in [-0.3, -0.25) is 4.79 Å². The maximum absolute atomic E-state index is 11.9. The molecule has 1 N–H and O–H groups in total. The fourth-order valence-electron chi connectivity index (χ4n) is 3.02. The first-order valence-corrected chi connectivity index (χ1v) is 9.43. The van der Waals surface area contributed by atoms with Crippen LogP contribution >= 0.6 is 24.0 Å². The molecular formula is C20H33IN4O2. The highest BCUT2D eigenvalue weighted by Crippen LogP contribution is 2.18. The van der Waals surface area contributed by atoms with Gasteiger partial charge in [-0.05, 0) is 37.5 Å². The molecule has 1 saturated carbocycles. The van der Waals surface area contributed by atoms with Gasteiger partial charge in [0.05, 0.1) is 6.61 Å². The molecule has 0 unspecified atom stereocenters. The number of carbonyl (C=O) groups is 1. The highest BCUT2D eigenvalue weighted by molar-refractivity contribution is 14.0. The number of hydrogen-bond donors (Lipinski definition) is 1. The number of aliphatic imine (C=N–C) groups is 1. The Bertz CT molecular complexity index is 599. The van der Waals surface area contributed by atoms with Crippen molar-refractivity contribution in [2.45, 2.75) is 45.2 Å². The lowest BCUT2D eigenvalue weighted by Crippen LogP contribution is -2.43. The van der Waals surface area contributed by atoms with Crippen LogP contribution in [0.4, 0.5) is 0 Å². The molecule has 27 heavy (non-hydrogen) atoms. The second-order valence-electron chi connectivity index (χ2n) is 6.99. The molecule has 0 aliphatic heterocycles. The summed E-state index contributed by atoms with van der Waals surface area (Å²) < 4.78 is 5.50. The molecule has 1 aromatic rings. The van der Waals surface area contributed by atoms with Crippen molar-refractivity contribution >= 4 is 35.8 Å². The molecular weight excluding hydrogens is 455 g/mol. The van der Waals surface area contributed by atoms with Gasteiger partial charge in [0.25, 0.3) is 0 Å². The van der Waals surface area contributed by atoms with Crippen molar-refractivity contribution in [3.63, 3.8) is 0 Å². The number of nitrogens with zero attached hydrogens (tertiary/aromatic N) is 3. The molecule has 1 fully saturated rings. The predicted molar refractivity (Wildman–Crippen MR) is 121 cm³/mol. The molecule has 0 heterocycles. The van der Waals surface area contributed by atoms with Crippen LogP contribution in [0, 0.1) is 0 Å². The molecule has 1 amide bonds. The van der Waals surface area contributed by atoms with E-state index in [1.54, 1.807) is 19.0 Å². The molecule has 0 atom stereocenters. The van der Waals surface area contributed by atoms with Gasteiger partial charge >= 0.3 is 0 Å². The van der Waals surface area contributed by atoms with Gasteiger partial charge in [-0.1, -0.05) is 25.0 Å². The molecule has 6 nitrogen and oxygen atoms in total.